The fourth-order valence-corrected chi connectivity index (χ4v) is 3.73. The Hall–Kier alpha value is -0.820. The van der Waals surface area contributed by atoms with Gasteiger partial charge in [-0.2, -0.15) is 12.7 Å². The van der Waals surface area contributed by atoms with Crippen molar-refractivity contribution in [2.75, 3.05) is 13.1 Å². The van der Waals surface area contributed by atoms with E-state index in [9.17, 15) is 13.2 Å². The number of nitrogens with zero attached hydrogens (tertiary/aromatic N) is 1. The van der Waals surface area contributed by atoms with Crippen LogP contribution >= 0.6 is 0 Å². The molecule has 0 unspecified atom stereocenters. The molecule has 0 spiro atoms. The zero-order chi connectivity index (χ0) is 15.3. The summed E-state index contributed by atoms with van der Waals surface area (Å²) in [6, 6.07) is -0.686. The molecule has 0 bridgehead atoms. The molecule has 0 radical (unpaired) electrons. The zero-order valence-corrected chi connectivity index (χ0v) is 13.7. The van der Waals surface area contributed by atoms with Crippen LogP contribution in [0.1, 0.15) is 47.0 Å². The molecule has 2 N–H and O–H groups in total. The van der Waals surface area contributed by atoms with Crippen LogP contribution in [0, 0.1) is 11.8 Å². The molecule has 20 heavy (non-hydrogen) atoms. The largest absolute Gasteiger partial charge is 0.334 e. The predicted molar refractivity (Wildman–Crippen MR) is 79.5 cm³/mol. The van der Waals surface area contributed by atoms with Crippen LogP contribution in [0.3, 0.4) is 0 Å². The van der Waals surface area contributed by atoms with E-state index in [1.807, 2.05) is 27.7 Å². The van der Waals surface area contributed by atoms with Crippen LogP contribution < -0.4 is 10.0 Å². The quantitative estimate of drug-likeness (QED) is 0.811. The average Bonchev–Trinajstić information content (AvgIpc) is 2.35. The second kappa shape index (κ2) is 7.26. The third kappa shape index (κ3) is 4.94. The van der Waals surface area contributed by atoms with Gasteiger partial charge in [0.2, 0.25) is 0 Å². The lowest BCUT2D eigenvalue weighted by Gasteiger charge is -2.28. The summed E-state index contributed by atoms with van der Waals surface area (Å²) in [6.45, 7) is 8.99. The minimum atomic E-state index is -3.71. The summed E-state index contributed by atoms with van der Waals surface area (Å²) in [6.07, 6.45) is 2.74. The number of urea groups is 1. The predicted octanol–water partition coefficient (Wildman–Crippen LogP) is 1.70. The number of hydrogen-bond donors (Lipinski definition) is 2. The van der Waals surface area contributed by atoms with Crippen LogP contribution in [0.15, 0.2) is 0 Å². The monoisotopic (exact) mass is 305 g/mol. The van der Waals surface area contributed by atoms with Crippen molar-refractivity contribution in [3.8, 4) is 0 Å². The fourth-order valence-electron chi connectivity index (χ4n) is 2.57. The molecule has 1 aliphatic heterocycles. The highest BCUT2D eigenvalue weighted by molar-refractivity contribution is 7.87. The first-order valence-corrected chi connectivity index (χ1v) is 8.76. The van der Waals surface area contributed by atoms with E-state index < -0.39 is 16.2 Å². The molecule has 0 aliphatic carbocycles. The molecule has 1 heterocycles. The van der Waals surface area contributed by atoms with Crippen LogP contribution in [0.4, 0.5) is 4.79 Å². The molecule has 0 aromatic carbocycles. The number of carbonyl (C=O) groups is 1. The maximum Gasteiger partial charge on any atom is 0.329 e. The number of nitrogens with one attached hydrogen (secondary N) is 2. The topological polar surface area (TPSA) is 78.5 Å². The zero-order valence-electron chi connectivity index (χ0n) is 12.8. The molecule has 1 fully saturated rings. The van der Waals surface area contributed by atoms with Crippen molar-refractivity contribution < 1.29 is 13.2 Å². The molecule has 1 aliphatic rings. The number of rotatable bonds is 5. The first kappa shape index (κ1) is 17.2. The lowest BCUT2D eigenvalue weighted by molar-refractivity contribution is 0.229. The van der Waals surface area contributed by atoms with E-state index in [-0.39, 0.29) is 17.9 Å². The van der Waals surface area contributed by atoms with Crippen molar-refractivity contribution in [1.29, 1.82) is 0 Å². The van der Waals surface area contributed by atoms with Gasteiger partial charge in [0.25, 0.3) is 0 Å². The lowest BCUT2D eigenvalue weighted by atomic mass is 9.93. The summed E-state index contributed by atoms with van der Waals surface area (Å²) in [4.78, 5) is 11.9. The highest BCUT2D eigenvalue weighted by Gasteiger charge is 2.27. The van der Waals surface area contributed by atoms with Crippen molar-refractivity contribution in [2.45, 2.75) is 53.0 Å². The second-order valence-corrected chi connectivity index (χ2v) is 7.72. The summed E-state index contributed by atoms with van der Waals surface area (Å²) < 4.78 is 27.6. The molecule has 0 atom stereocenters. The number of hydrogen-bond acceptors (Lipinski definition) is 3. The summed E-state index contributed by atoms with van der Waals surface area (Å²) >= 11 is 0. The molecule has 0 aromatic rings. The average molecular weight is 305 g/mol. The van der Waals surface area contributed by atoms with Crippen molar-refractivity contribution in [2.24, 2.45) is 11.8 Å². The van der Waals surface area contributed by atoms with Gasteiger partial charge in [0.15, 0.2) is 0 Å². The molecule has 1 rings (SSSR count). The van der Waals surface area contributed by atoms with Gasteiger partial charge in [0.05, 0.1) is 0 Å². The maximum absolute atomic E-state index is 12.1. The first-order chi connectivity index (χ1) is 9.24. The third-order valence-corrected chi connectivity index (χ3v) is 5.10. The van der Waals surface area contributed by atoms with E-state index in [1.54, 1.807) is 0 Å². The van der Waals surface area contributed by atoms with Gasteiger partial charge in [0.1, 0.15) is 0 Å². The molecular formula is C13H27N3O3S. The minimum Gasteiger partial charge on any atom is -0.334 e. The van der Waals surface area contributed by atoms with Crippen molar-refractivity contribution in [1.82, 2.24) is 14.3 Å². The van der Waals surface area contributed by atoms with Gasteiger partial charge in [-0.1, -0.05) is 34.1 Å². The Labute approximate surface area is 122 Å². The Kier molecular flexibility index (Phi) is 6.26. The Morgan fingerprint density at radius 3 is 1.95 bits per heavy atom. The lowest BCUT2D eigenvalue weighted by Crippen LogP contribution is -2.52. The van der Waals surface area contributed by atoms with Crippen LogP contribution in [-0.2, 0) is 10.2 Å². The van der Waals surface area contributed by atoms with E-state index in [4.69, 9.17) is 0 Å². The van der Waals surface area contributed by atoms with Crippen LogP contribution in [-0.4, -0.2) is 37.9 Å². The van der Waals surface area contributed by atoms with Crippen molar-refractivity contribution in [3.05, 3.63) is 0 Å². The van der Waals surface area contributed by atoms with Gasteiger partial charge in [-0.3, -0.25) is 0 Å². The first-order valence-electron chi connectivity index (χ1n) is 7.32. The maximum atomic E-state index is 12.1. The molecule has 0 aromatic heterocycles. The van der Waals surface area contributed by atoms with E-state index in [2.05, 4.69) is 10.0 Å². The molecule has 7 heteroatoms. The normalized spacial score (nSPS) is 17.8. The van der Waals surface area contributed by atoms with Gasteiger partial charge in [-0.05, 0) is 24.7 Å². The SMILES string of the molecule is CC(C)C(NC(=O)NS(=O)(=O)N1CCCCC1)C(C)C. The van der Waals surface area contributed by atoms with Crippen molar-refractivity contribution >= 4 is 16.2 Å². The van der Waals surface area contributed by atoms with E-state index >= 15 is 0 Å². The van der Waals surface area contributed by atoms with Crippen LogP contribution in [0.25, 0.3) is 0 Å². The van der Waals surface area contributed by atoms with Crippen LogP contribution in [0.2, 0.25) is 0 Å². The highest BCUT2D eigenvalue weighted by Crippen LogP contribution is 2.13. The summed E-state index contributed by atoms with van der Waals surface area (Å²) in [7, 11) is -3.71. The van der Waals surface area contributed by atoms with Gasteiger partial charge in [-0.25, -0.2) is 9.52 Å². The Morgan fingerprint density at radius 2 is 1.50 bits per heavy atom. The molecule has 0 saturated carbocycles. The van der Waals surface area contributed by atoms with Gasteiger partial charge >= 0.3 is 16.2 Å². The molecular weight excluding hydrogens is 278 g/mol. The number of piperidine rings is 1. The summed E-state index contributed by atoms with van der Waals surface area (Å²) in [5.41, 5.74) is 0. The Morgan fingerprint density at radius 1 is 1.00 bits per heavy atom. The standard InChI is InChI=1S/C13H27N3O3S/c1-10(2)12(11(3)4)14-13(17)15-20(18,19)16-8-6-5-7-9-16/h10-12H,5-9H2,1-4H3,(H2,14,15,17). The third-order valence-electron chi connectivity index (χ3n) is 3.61. The number of amides is 2. The highest BCUT2D eigenvalue weighted by atomic mass is 32.2. The Bertz CT molecular complexity index is 407. The minimum absolute atomic E-state index is 0.0495. The van der Waals surface area contributed by atoms with Crippen molar-refractivity contribution in [3.63, 3.8) is 0 Å². The molecule has 6 nitrogen and oxygen atoms in total. The number of carbonyl (C=O) groups excluding carboxylic acids is 1. The van der Waals surface area contributed by atoms with E-state index in [0.29, 0.717) is 13.1 Å². The Balaban J connectivity index is 2.60. The van der Waals surface area contributed by atoms with E-state index in [0.717, 1.165) is 19.3 Å². The van der Waals surface area contributed by atoms with Gasteiger partial charge in [0, 0.05) is 19.1 Å². The van der Waals surface area contributed by atoms with E-state index in [1.165, 1.54) is 4.31 Å². The molecule has 2 amide bonds. The van der Waals surface area contributed by atoms with Gasteiger partial charge in [-0.15, -0.1) is 0 Å². The smallest absolute Gasteiger partial charge is 0.329 e. The second-order valence-electron chi connectivity index (χ2n) is 6.05. The summed E-state index contributed by atoms with van der Waals surface area (Å²) in [5.74, 6) is 0.497. The summed E-state index contributed by atoms with van der Waals surface area (Å²) in [5, 5.41) is 2.76. The molecule has 118 valence electrons. The van der Waals surface area contributed by atoms with Crippen LogP contribution in [0.5, 0.6) is 0 Å². The van der Waals surface area contributed by atoms with Gasteiger partial charge < -0.3 is 5.32 Å². The fraction of sp³-hybridized carbons (Fsp3) is 0.923. The molecule has 1 saturated heterocycles.